The van der Waals surface area contributed by atoms with Gasteiger partial charge in [0.2, 0.25) is 5.91 Å². The lowest BCUT2D eigenvalue weighted by molar-refractivity contribution is -0.131. The molecule has 1 saturated heterocycles. The Bertz CT molecular complexity index is 559. The summed E-state index contributed by atoms with van der Waals surface area (Å²) in [7, 11) is -1.38. The zero-order valence-electron chi connectivity index (χ0n) is 10.6. The van der Waals surface area contributed by atoms with Crippen LogP contribution < -0.4 is 0 Å². The molecule has 2 atom stereocenters. The number of carbonyl (C=O) groups excluding carboxylic acids is 1. The van der Waals surface area contributed by atoms with E-state index in [1.54, 1.807) is 19.2 Å². The number of hydrogen-bond acceptors (Lipinski definition) is 3. The minimum absolute atomic E-state index is 0.0354. The topological polar surface area (TPSA) is 54.5 Å². The Balaban J connectivity index is 2.08. The highest BCUT2D eigenvalue weighted by molar-refractivity contribution is 7.91. The lowest BCUT2D eigenvalue weighted by atomic mass is 10.1. The van der Waals surface area contributed by atoms with Crippen LogP contribution in [-0.2, 0) is 14.6 Å². The summed E-state index contributed by atoms with van der Waals surface area (Å²) in [5, 5.41) is -0.769. The van der Waals surface area contributed by atoms with Gasteiger partial charge in [-0.3, -0.25) is 4.79 Å². The van der Waals surface area contributed by atoms with Gasteiger partial charge < -0.3 is 4.90 Å². The lowest BCUT2D eigenvalue weighted by Gasteiger charge is -2.25. The first-order valence-corrected chi connectivity index (χ1v) is 8.32. The molecule has 19 heavy (non-hydrogen) atoms. The Kier molecular flexibility index (Phi) is 4.16. The number of likely N-dealkylation sites (N-methyl/N-ethyl adjacent to an activating group) is 1. The molecule has 1 amide bonds. The van der Waals surface area contributed by atoms with Gasteiger partial charge in [-0.2, -0.15) is 0 Å². The Morgan fingerprint density at radius 3 is 2.53 bits per heavy atom. The van der Waals surface area contributed by atoms with Gasteiger partial charge in [0.05, 0.1) is 11.5 Å². The second-order valence-corrected chi connectivity index (χ2v) is 7.44. The van der Waals surface area contributed by atoms with Crippen molar-refractivity contribution in [3.63, 3.8) is 0 Å². The molecule has 2 unspecified atom stereocenters. The fourth-order valence-electron chi connectivity index (χ4n) is 2.20. The quantitative estimate of drug-likeness (QED) is 0.797. The molecule has 1 aliphatic heterocycles. The number of amides is 1. The summed E-state index contributed by atoms with van der Waals surface area (Å²) in [6.07, 6.45) is 0.489. The monoisotopic (exact) mass is 301 g/mol. The molecule has 0 saturated carbocycles. The van der Waals surface area contributed by atoms with Gasteiger partial charge in [-0.1, -0.05) is 30.3 Å². The maximum atomic E-state index is 12.2. The second kappa shape index (κ2) is 5.51. The fraction of sp³-hybridized carbons (Fsp3) is 0.462. The molecule has 1 aromatic rings. The molecule has 0 radical (unpaired) electrons. The van der Waals surface area contributed by atoms with Crippen molar-refractivity contribution in [2.45, 2.75) is 17.8 Å². The first-order chi connectivity index (χ1) is 8.91. The largest absolute Gasteiger partial charge is 0.340 e. The molecule has 1 fully saturated rings. The minimum Gasteiger partial charge on any atom is -0.340 e. The van der Waals surface area contributed by atoms with Gasteiger partial charge >= 0.3 is 0 Å². The molecule has 6 heteroatoms. The van der Waals surface area contributed by atoms with E-state index in [0.717, 1.165) is 5.56 Å². The van der Waals surface area contributed by atoms with Crippen molar-refractivity contribution in [2.75, 3.05) is 18.6 Å². The molecule has 2 rings (SSSR count). The Morgan fingerprint density at radius 2 is 2.00 bits per heavy atom. The van der Waals surface area contributed by atoms with E-state index in [1.165, 1.54) is 4.90 Å². The summed E-state index contributed by atoms with van der Waals surface area (Å²) < 4.78 is 22.9. The molecule has 0 aliphatic carbocycles. The lowest BCUT2D eigenvalue weighted by Crippen LogP contribution is -2.39. The first kappa shape index (κ1) is 14.3. The Hall–Kier alpha value is -1.07. The number of benzene rings is 1. The number of hydrogen-bond donors (Lipinski definition) is 0. The molecular weight excluding hydrogens is 286 g/mol. The second-order valence-electron chi connectivity index (χ2n) is 4.78. The summed E-state index contributed by atoms with van der Waals surface area (Å²) in [5.41, 5.74) is 0.724. The van der Waals surface area contributed by atoms with Crippen molar-refractivity contribution in [2.24, 2.45) is 0 Å². The summed E-state index contributed by atoms with van der Waals surface area (Å²) in [4.78, 5) is 13.7. The fourth-order valence-corrected chi connectivity index (χ4v) is 4.28. The smallest absolute Gasteiger partial charge is 0.245 e. The van der Waals surface area contributed by atoms with Crippen LogP contribution in [0.2, 0.25) is 0 Å². The SMILES string of the molecule is CN(C(=O)C(Cl)c1ccccc1)C1CCS(=O)(=O)C1. The number of halogens is 1. The van der Waals surface area contributed by atoms with Crippen molar-refractivity contribution in [1.29, 1.82) is 0 Å². The van der Waals surface area contributed by atoms with Crippen molar-refractivity contribution < 1.29 is 13.2 Å². The van der Waals surface area contributed by atoms with E-state index in [1.807, 2.05) is 18.2 Å². The van der Waals surface area contributed by atoms with E-state index in [-0.39, 0.29) is 23.5 Å². The van der Waals surface area contributed by atoms with E-state index in [4.69, 9.17) is 11.6 Å². The Morgan fingerprint density at radius 1 is 1.37 bits per heavy atom. The van der Waals surface area contributed by atoms with E-state index in [0.29, 0.717) is 6.42 Å². The van der Waals surface area contributed by atoms with Crippen molar-refractivity contribution in [3.8, 4) is 0 Å². The highest BCUT2D eigenvalue weighted by Crippen LogP contribution is 2.25. The van der Waals surface area contributed by atoms with E-state index in [2.05, 4.69) is 0 Å². The van der Waals surface area contributed by atoms with Crippen LogP contribution in [0.15, 0.2) is 30.3 Å². The van der Waals surface area contributed by atoms with Gasteiger partial charge in [0.25, 0.3) is 0 Å². The molecule has 104 valence electrons. The molecular formula is C13H16ClNO3S. The third-order valence-corrected chi connectivity index (χ3v) is 5.60. The molecule has 0 N–H and O–H groups in total. The molecule has 1 aromatic carbocycles. The van der Waals surface area contributed by atoms with Crippen LogP contribution in [0.25, 0.3) is 0 Å². The summed E-state index contributed by atoms with van der Waals surface area (Å²) in [6, 6.07) is 8.80. The number of carbonyl (C=O) groups is 1. The number of nitrogens with zero attached hydrogens (tertiary/aromatic N) is 1. The molecule has 0 spiro atoms. The van der Waals surface area contributed by atoms with Crippen molar-refractivity contribution in [3.05, 3.63) is 35.9 Å². The van der Waals surface area contributed by atoms with Crippen molar-refractivity contribution in [1.82, 2.24) is 4.90 Å². The average Bonchev–Trinajstić information content (AvgIpc) is 2.77. The molecule has 1 aliphatic rings. The van der Waals surface area contributed by atoms with Crippen LogP contribution in [0.5, 0.6) is 0 Å². The van der Waals surface area contributed by atoms with E-state index in [9.17, 15) is 13.2 Å². The predicted octanol–water partition coefficient (Wildman–Crippen LogP) is 1.61. The first-order valence-electron chi connectivity index (χ1n) is 6.07. The average molecular weight is 302 g/mol. The van der Waals surface area contributed by atoms with Crippen LogP contribution in [-0.4, -0.2) is 43.8 Å². The zero-order chi connectivity index (χ0) is 14.0. The summed E-state index contributed by atoms with van der Waals surface area (Å²) in [5.74, 6) is -0.0729. The minimum atomic E-state index is -3.00. The number of rotatable bonds is 3. The summed E-state index contributed by atoms with van der Waals surface area (Å²) >= 11 is 6.16. The zero-order valence-corrected chi connectivity index (χ0v) is 12.2. The molecule has 1 heterocycles. The third kappa shape index (κ3) is 3.28. The molecule has 4 nitrogen and oxygen atoms in total. The van der Waals surface area contributed by atoms with Crippen molar-refractivity contribution >= 4 is 27.3 Å². The Labute approximate surface area is 118 Å². The standard InChI is InChI=1S/C13H16ClNO3S/c1-15(11-7-8-19(17,18)9-11)13(16)12(14)10-5-3-2-4-6-10/h2-6,11-12H,7-9H2,1H3. The van der Waals surface area contributed by atoms with Gasteiger partial charge in [0, 0.05) is 13.1 Å². The predicted molar refractivity (Wildman–Crippen MR) is 74.9 cm³/mol. The van der Waals surface area contributed by atoms with Crippen LogP contribution in [0.1, 0.15) is 17.4 Å². The van der Waals surface area contributed by atoms with Crippen LogP contribution >= 0.6 is 11.6 Å². The van der Waals surface area contributed by atoms with Gasteiger partial charge in [-0.15, -0.1) is 11.6 Å². The van der Waals surface area contributed by atoms with Crippen LogP contribution in [0, 0.1) is 0 Å². The highest BCUT2D eigenvalue weighted by atomic mass is 35.5. The van der Waals surface area contributed by atoms with E-state index < -0.39 is 15.2 Å². The number of sulfone groups is 1. The molecule has 0 bridgehead atoms. The maximum Gasteiger partial charge on any atom is 0.245 e. The highest BCUT2D eigenvalue weighted by Gasteiger charge is 2.34. The molecule has 0 aromatic heterocycles. The van der Waals surface area contributed by atoms with Crippen LogP contribution in [0.3, 0.4) is 0 Å². The maximum absolute atomic E-state index is 12.2. The third-order valence-electron chi connectivity index (χ3n) is 3.41. The summed E-state index contributed by atoms with van der Waals surface area (Å²) in [6.45, 7) is 0. The van der Waals surface area contributed by atoms with Gasteiger partial charge in [0.15, 0.2) is 9.84 Å². The van der Waals surface area contributed by atoms with Gasteiger partial charge in [-0.05, 0) is 12.0 Å². The van der Waals surface area contributed by atoms with Gasteiger partial charge in [0.1, 0.15) is 5.38 Å². The van der Waals surface area contributed by atoms with Gasteiger partial charge in [-0.25, -0.2) is 8.42 Å². The van der Waals surface area contributed by atoms with Crippen LogP contribution in [0.4, 0.5) is 0 Å². The normalized spacial score (nSPS) is 22.9. The number of alkyl halides is 1. The van der Waals surface area contributed by atoms with E-state index >= 15 is 0 Å².